The van der Waals surface area contributed by atoms with E-state index >= 15 is 0 Å². The summed E-state index contributed by atoms with van der Waals surface area (Å²) >= 11 is 0. The van der Waals surface area contributed by atoms with Gasteiger partial charge in [0.15, 0.2) is 5.96 Å². The van der Waals surface area contributed by atoms with Gasteiger partial charge in [0, 0.05) is 25.6 Å². The topological polar surface area (TPSA) is 97.0 Å². The lowest BCUT2D eigenvalue weighted by Crippen LogP contribution is -2.40. The number of rotatable bonds is 8. The standard InChI is InChI=1S/C22H30N4O3S.HI/c1-2-24-22(25-14-19-9-6-10-21(13-19)30(23,27)28)26-12-11-20(15-26)17-29-16-18-7-4-3-5-8-18;/h3-10,13,20H,2,11-12,14-17H2,1H3,(H,24,25)(H2,23,27,28);1H. The summed E-state index contributed by atoms with van der Waals surface area (Å²) in [4.78, 5) is 7.05. The minimum atomic E-state index is -3.71. The third kappa shape index (κ3) is 8.06. The quantitative estimate of drug-likeness (QED) is 0.295. The van der Waals surface area contributed by atoms with Crippen LogP contribution in [-0.2, 0) is 27.9 Å². The van der Waals surface area contributed by atoms with Crippen LogP contribution in [0.5, 0.6) is 0 Å². The summed E-state index contributed by atoms with van der Waals surface area (Å²) < 4.78 is 29.0. The highest BCUT2D eigenvalue weighted by atomic mass is 127. The fraction of sp³-hybridized carbons (Fsp3) is 0.409. The van der Waals surface area contributed by atoms with Crippen molar-refractivity contribution < 1.29 is 13.2 Å². The van der Waals surface area contributed by atoms with E-state index in [2.05, 4.69) is 22.3 Å². The van der Waals surface area contributed by atoms with Gasteiger partial charge in [0.25, 0.3) is 0 Å². The summed E-state index contributed by atoms with van der Waals surface area (Å²) in [5, 5.41) is 8.56. The molecule has 0 bridgehead atoms. The molecule has 0 amide bonds. The second-order valence-electron chi connectivity index (χ2n) is 7.46. The van der Waals surface area contributed by atoms with Crippen molar-refractivity contribution >= 4 is 40.0 Å². The van der Waals surface area contributed by atoms with Crippen molar-refractivity contribution in [1.29, 1.82) is 0 Å². The third-order valence-electron chi connectivity index (χ3n) is 5.02. The molecule has 9 heteroatoms. The van der Waals surface area contributed by atoms with Gasteiger partial charge < -0.3 is 15.0 Å². The molecular formula is C22H31IN4O3S. The van der Waals surface area contributed by atoms with Gasteiger partial charge in [0.2, 0.25) is 10.0 Å². The molecule has 3 rings (SSSR count). The first-order chi connectivity index (χ1) is 14.5. The van der Waals surface area contributed by atoms with Crippen LogP contribution in [0.4, 0.5) is 0 Å². The number of primary sulfonamides is 1. The first-order valence-corrected chi connectivity index (χ1v) is 11.8. The Kier molecular flexibility index (Phi) is 10.2. The maximum Gasteiger partial charge on any atom is 0.238 e. The first-order valence-electron chi connectivity index (χ1n) is 10.2. The molecule has 2 aromatic carbocycles. The average Bonchev–Trinajstić information content (AvgIpc) is 3.20. The molecule has 0 radical (unpaired) electrons. The minimum Gasteiger partial charge on any atom is -0.376 e. The van der Waals surface area contributed by atoms with Gasteiger partial charge in [-0.3, -0.25) is 0 Å². The van der Waals surface area contributed by atoms with Crippen molar-refractivity contribution in [3.8, 4) is 0 Å². The molecule has 0 aliphatic carbocycles. The maximum atomic E-state index is 11.6. The zero-order chi connectivity index (χ0) is 21.4. The Balaban J connectivity index is 0.00000341. The Morgan fingerprint density at radius 1 is 1.19 bits per heavy atom. The predicted molar refractivity (Wildman–Crippen MR) is 134 cm³/mol. The van der Waals surface area contributed by atoms with Gasteiger partial charge in [0.05, 0.1) is 24.7 Å². The monoisotopic (exact) mass is 558 g/mol. The number of sulfonamides is 1. The second kappa shape index (κ2) is 12.4. The van der Waals surface area contributed by atoms with Crippen LogP contribution in [0, 0.1) is 5.92 Å². The highest BCUT2D eigenvalue weighted by Crippen LogP contribution is 2.18. The van der Waals surface area contributed by atoms with Crippen LogP contribution in [0.15, 0.2) is 64.5 Å². The number of nitrogens with one attached hydrogen (secondary N) is 1. The fourth-order valence-electron chi connectivity index (χ4n) is 3.49. The zero-order valence-electron chi connectivity index (χ0n) is 17.7. The number of likely N-dealkylation sites (tertiary alicyclic amines) is 1. The predicted octanol–water partition coefficient (Wildman–Crippen LogP) is 2.96. The van der Waals surface area contributed by atoms with Gasteiger partial charge in [0.1, 0.15) is 0 Å². The number of ether oxygens (including phenoxy) is 1. The highest BCUT2D eigenvalue weighted by Gasteiger charge is 2.25. The molecule has 1 unspecified atom stereocenters. The summed E-state index contributed by atoms with van der Waals surface area (Å²) in [5.74, 6) is 1.30. The van der Waals surface area contributed by atoms with Gasteiger partial charge in [-0.2, -0.15) is 0 Å². The van der Waals surface area contributed by atoms with Crippen LogP contribution < -0.4 is 10.5 Å². The highest BCUT2D eigenvalue weighted by molar-refractivity contribution is 14.0. The van der Waals surface area contributed by atoms with Gasteiger partial charge in [-0.05, 0) is 36.6 Å². The summed E-state index contributed by atoms with van der Waals surface area (Å²) in [6.07, 6.45) is 1.06. The smallest absolute Gasteiger partial charge is 0.238 e. The van der Waals surface area contributed by atoms with E-state index in [1.807, 2.05) is 31.2 Å². The Morgan fingerprint density at radius 2 is 1.94 bits per heavy atom. The van der Waals surface area contributed by atoms with Crippen LogP contribution in [-0.4, -0.2) is 45.5 Å². The lowest BCUT2D eigenvalue weighted by Gasteiger charge is -2.21. The molecule has 2 aromatic rings. The van der Waals surface area contributed by atoms with E-state index in [0.29, 0.717) is 19.1 Å². The Morgan fingerprint density at radius 3 is 2.65 bits per heavy atom. The molecule has 1 atom stereocenters. The lowest BCUT2D eigenvalue weighted by atomic mass is 10.1. The maximum absolute atomic E-state index is 11.6. The van der Waals surface area contributed by atoms with E-state index < -0.39 is 10.0 Å². The number of hydrogen-bond acceptors (Lipinski definition) is 4. The van der Waals surface area contributed by atoms with Crippen molar-refractivity contribution in [2.75, 3.05) is 26.2 Å². The Labute approximate surface area is 202 Å². The van der Waals surface area contributed by atoms with Gasteiger partial charge >= 0.3 is 0 Å². The van der Waals surface area contributed by atoms with Crippen LogP contribution in [0.3, 0.4) is 0 Å². The molecule has 1 aliphatic rings. The molecule has 170 valence electrons. The van der Waals surface area contributed by atoms with Crippen LogP contribution in [0.2, 0.25) is 0 Å². The van der Waals surface area contributed by atoms with Gasteiger partial charge in [-0.1, -0.05) is 42.5 Å². The molecule has 1 fully saturated rings. The van der Waals surface area contributed by atoms with Crippen molar-refractivity contribution in [2.24, 2.45) is 16.0 Å². The molecule has 7 nitrogen and oxygen atoms in total. The van der Waals surface area contributed by atoms with Crippen molar-refractivity contribution in [1.82, 2.24) is 10.2 Å². The average molecular weight is 558 g/mol. The summed E-state index contributed by atoms with van der Waals surface area (Å²) in [6.45, 7) is 6.35. The van der Waals surface area contributed by atoms with Gasteiger partial charge in [-0.25, -0.2) is 18.5 Å². The number of halogens is 1. The molecule has 1 aliphatic heterocycles. The molecule has 1 heterocycles. The van der Waals surface area contributed by atoms with E-state index in [1.54, 1.807) is 12.1 Å². The largest absolute Gasteiger partial charge is 0.376 e. The van der Waals surface area contributed by atoms with Crippen molar-refractivity contribution in [3.63, 3.8) is 0 Å². The lowest BCUT2D eigenvalue weighted by molar-refractivity contribution is 0.0906. The van der Waals surface area contributed by atoms with E-state index in [4.69, 9.17) is 14.9 Å². The number of guanidine groups is 1. The second-order valence-corrected chi connectivity index (χ2v) is 9.03. The Bertz CT molecular complexity index is 954. The van der Waals surface area contributed by atoms with Gasteiger partial charge in [-0.15, -0.1) is 24.0 Å². The number of nitrogens with zero attached hydrogens (tertiary/aromatic N) is 2. The molecule has 31 heavy (non-hydrogen) atoms. The zero-order valence-corrected chi connectivity index (χ0v) is 20.9. The van der Waals surface area contributed by atoms with Crippen molar-refractivity contribution in [2.45, 2.75) is 31.4 Å². The summed E-state index contributed by atoms with van der Waals surface area (Å²) in [6, 6.07) is 16.8. The summed E-state index contributed by atoms with van der Waals surface area (Å²) in [5.41, 5.74) is 1.99. The molecule has 3 N–H and O–H groups in total. The van der Waals surface area contributed by atoms with E-state index in [0.717, 1.165) is 44.2 Å². The fourth-order valence-corrected chi connectivity index (χ4v) is 4.08. The molecule has 0 spiro atoms. The first kappa shape index (κ1) is 25.6. The number of benzene rings is 2. The van der Waals surface area contributed by atoms with E-state index in [9.17, 15) is 8.42 Å². The number of aliphatic imine (C=N–C) groups is 1. The summed E-state index contributed by atoms with van der Waals surface area (Å²) in [7, 11) is -3.71. The molecule has 0 aromatic heterocycles. The molecule has 0 saturated carbocycles. The number of hydrogen-bond donors (Lipinski definition) is 2. The normalized spacial score (nSPS) is 16.8. The van der Waals surface area contributed by atoms with Crippen LogP contribution >= 0.6 is 24.0 Å². The Hall–Kier alpha value is -1.69. The third-order valence-corrected chi connectivity index (χ3v) is 5.93. The number of nitrogens with two attached hydrogens (primary N) is 1. The molecule has 1 saturated heterocycles. The SMILES string of the molecule is CCNC(=NCc1cccc(S(N)(=O)=O)c1)N1CCC(COCc2ccccc2)C1.I. The minimum absolute atomic E-state index is 0. The van der Waals surface area contributed by atoms with E-state index in [-0.39, 0.29) is 28.9 Å². The van der Waals surface area contributed by atoms with Crippen molar-refractivity contribution in [3.05, 3.63) is 65.7 Å². The van der Waals surface area contributed by atoms with E-state index in [1.165, 1.54) is 11.6 Å². The van der Waals surface area contributed by atoms with Crippen LogP contribution in [0.1, 0.15) is 24.5 Å². The van der Waals surface area contributed by atoms with Crippen LogP contribution in [0.25, 0.3) is 0 Å². The molecular weight excluding hydrogens is 527 g/mol.